The Kier molecular flexibility index (Phi) is 4.95. The predicted octanol–water partition coefficient (Wildman–Crippen LogP) is 1.39. The van der Waals surface area contributed by atoms with Gasteiger partial charge in [0, 0.05) is 6.04 Å². The smallest absolute Gasteiger partial charge is 0.305 e. The highest BCUT2D eigenvalue weighted by Crippen LogP contribution is 2.06. The van der Waals surface area contributed by atoms with E-state index in [1.165, 1.54) is 0 Å². The molecule has 0 heterocycles. The Labute approximate surface area is 95.0 Å². The van der Waals surface area contributed by atoms with Crippen molar-refractivity contribution in [3.05, 3.63) is 35.9 Å². The van der Waals surface area contributed by atoms with Crippen molar-refractivity contribution >= 4 is 5.97 Å². The number of carbonyl (C=O) groups is 1. The van der Waals surface area contributed by atoms with Crippen LogP contribution in [0.15, 0.2) is 30.3 Å². The highest BCUT2D eigenvalue weighted by atomic mass is 16.5. The zero-order valence-electron chi connectivity index (χ0n) is 9.30. The van der Waals surface area contributed by atoms with Crippen LogP contribution in [0, 0.1) is 0 Å². The number of benzene rings is 1. The maximum atomic E-state index is 10.5. The van der Waals surface area contributed by atoms with Crippen molar-refractivity contribution in [3.63, 3.8) is 0 Å². The molecule has 0 aliphatic rings. The van der Waals surface area contributed by atoms with Gasteiger partial charge in [0.1, 0.15) is 0 Å². The first kappa shape index (κ1) is 12.7. The van der Waals surface area contributed by atoms with Crippen LogP contribution in [-0.2, 0) is 16.1 Å². The van der Waals surface area contributed by atoms with Crippen LogP contribution in [0.25, 0.3) is 0 Å². The molecule has 1 aromatic rings. The van der Waals surface area contributed by atoms with Crippen molar-refractivity contribution in [2.24, 2.45) is 5.73 Å². The maximum Gasteiger partial charge on any atom is 0.305 e. The topological polar surface area (TPSA) is 72.5 Å². The Morgan fingerprint density at radius 3 is 2.62 bits per heavy atom. The van der Waals surface area contributed by atoms with Crippen molar-refractivity contribution in [2.75, 3.05) is 0 Å². The van der Waals surface area contributed by atoms with Crippen molar-refractivity contribution in [1.82, 2.24) is 0 Å². The summed E-state index contributed by atoms with van der Waals surface area (Å²) in [6.45, 7) is 2.24. The third-order valence-corrected chi connectivity index (χ3v) is 2.37. The molecule has 1 aromatic carbocycles. The van der Waals surface area contributed by atoms with Crippen LogP contribution in [0.5, 0.6) is 0 Å². The van der Waals surface area contributed by atoms with E-state index in [1.807, 2.05) is 30.3 Å². The average Bonchev–Trinajstić information content (AvgIpc) is 2.26. The van der Waals surface area contributed by atoms with Gasteiger partial charge in [0.2, 0.25) is 0 Å². The number of nitrogens with two attached hydrogens (primary N) is 1. The number of carboxylic acids is 1. The van der Waals surface area contributed by atoms with Crippen molar-refractivity contribution < 1.29 is 14.6 Å². The highest BCUT2D eigenvalue weighted by Gasteiger charge is 2.16. The quantitative estimate of drug-likeness (QED) is 0.764. The van der Waals surface area contributed by atoms with Gasteiger partial charge >= 0.3 is 5.97 Å². The van der Waals surface area contributed by atoms with Crippen LogP contribution < -0.4 is 5.73 Å². The summed E-state index contributed by atoms with van der Waals surface area (Å²) in [6.07, 6.45) is -0.341. The number of hydrogen-bond acceptors (Lipinski definition) is 3. The molecular formula is C12H17NO3. The second-order valence-corrected chi connectivity index (χ2v) is 3.76. The second-order valence-electron chi connectivity index (χ2n) is 3.76. The van der Waals surface area contributed by atoms with Crippen LogP contribution in [0.2, 0.25) is 0 Å². The molecule has 3 N–H and O–H groups in total. The van der Waals surface area contributed by atoms with E-state index in [0.717, 1.165) is 5.56 Å². The minimum Gasteiger partial charge on any atom is -0.481 e. The van der Waals surface area contributed by atoms with Gasteiger partial charge in [-0.1, -0.05) is 30.3 Å². The van der Waals surface area contributed by atoms with Gasteiger partial charge < -0.3 is 15.6 Å². The molecule has 0 aromatic heterocycles. The third kappa shape index (κ3) is 4.42. The summed E-state index contributed by atoms with van der Waals surface area (Å²) in [5.41, 5.74) is 6.73. The molecule has 16 heavy (non-hydrogen) atoms. The lowest BCUT2D eigenvalue weighted by molar-refractivity contribution is -0.138. The number of hydrogen-bond donors (Lipinski definition) is 2. The van der Waals surface area contributed by atoms with E-state index in [2.05, 4.69) is 0 Å². The first-order chi connectivity index (χ1) is 7.59. The summed E-state index contributed by atoms with van der Waals surface area (Å²) in [6, 6.07) is 9.23. The molecule has 4 nitrogen and oxygen atoms in total. The molecule has 0 saturated heterocycles. The summed E-state index contributed by atoms with van der Waals surface area (Å²) in [5, 5.41) is 8.58. The van der Waals surface area contributed by atoms with E-state index in [9.17, 15) is 4.79 Å². The van der Waals surface area contributed by atoms with Gasteiger partial charge in [-0.05, 0) is 12.5 Å². The van der Waals surface area contributed by atoms with Crippen molar-refractivity contribution in [3.8, 4) is 0 Å². The molecule has 1 rings (SSSR count). The molecule has 0 aliphatic heterocycles. The molecule has 0 radical (unpaired) electrons. The third-order valence-electron chi connectivity index (χ3n) is 2.37. The standard InChI is InChI=1S/C12H17NO3/c1-9(11(13)7-12(14)15)16-8-10-5-3-2-4-6-10/h2-6,9,11H,7-8,13H2,1H3,(H,14,15)/t9-,11+/m0/s1. The van der Waals surface area contributed by atoms with E-state index in [-0.39, 0.29) is 12.5 Å². The predicted molar refractivity (Wildman–Crippen MR) is 60.9 cm³/mol. The summed E-state index contributed by atoms with van der Waals surface area (Å²) in [5.74, 6) is -0.900. The molecule has 0 aliphatic carbocycles. The largest absolute Gasteiger partial charge is 0.481 e. The molecule has 0 unspecified atom stereocenters. The highest BCUT2D eigenvalue weighted by molar-refractivity contribution is 5.67. The van der Waals surface area contributed by atoms with Crippen LogP contribution in [-0.4, -0.2) is 23.2 Å². The van der Waals surface area contributed by atoms with E-state index >= 15 is 0 Å². The zero-order chi connectivity index (χ0) is 12.0. The molecule has 88 valence electrons. The molecule has 4 heteroatoms. The van der Waals surface area contributed by atoms with Gasteiger partial charge in [-0.2, -0.15) is 0 Å². The Morgan fingerprint density at radius 1 is 1.44 bits per heavy atom. The Hall–Kier alpha value is -1.39. The SMILES string of the molecule is C[C@H](OCc1ccccc1)[C@H](N)CC(=O)O. The monoisotopic (exact) mass is 223 g/mol. The van der Waals surface area contributed by atoms with E-state index in [4.69, 9.17) is 15.6 Å². The fraction of sp³-hybridized carbons (Fsp3) is 0.417. The number of rotatable bonds is 6. The van der Waals surface area contributed by atoms with Crippen molar-refractivity contribution in [1.29, 1.82) is 0 Å². The normalized spacial score (nSPS) is 14.4. The molecule has 0 spiro atoms. The minimum atomic E-state index is -0.900. The van der Waals surface area contributed by atoms with Crippen LogP contribution in [0.4, 0.5) is 0 Å². The fourth-order valence-electron chi connectivity index (χ4n) is 1.29. The number of carboxylic acid groups (broad SMARTS) is 1. The maximum absolute atomic E-state index is 10.5. The van der Waals surface area contributed by atoms with Crippen LogP contribution in [0.3, 0.4) is 0 Å². The Morgan fingerprint density at radius 2 is 2.06 bits per heavy atom. The van der Waals surface area contributed by atoms with E-state index in [1.54, 1.807) is 6.92 Å². The summed E-state index contributed by atoms with van der Waals surface area (Å²) in [7, 11) is 0. The minimum absolute atomic E-state index is 0.0735. The molecule has 0 bridgehead atoms. The zero-order valence-corrected chi connectivity index (χ0v) is 9.30. The average molecular weight is 223 g/mol. The second kappa shape index (κ2) is 6.25. The van der Waals surface area contributed by atoms with E-state index < -0.39 is 12.0 Å². The lowest BCUT2D eigenvalue weighted by Gasteiger charge is -2.18. The van der Waals surface area contributed by atoms with Gasteiger partial charge in [-0.15, -0.1) is 0 Å². The lowest BCUT2D eigenvalue weighted by Crippen LogP contribution is -2.36. The summed E-state index contributed by atoms with van der Waals surface area (Å²) >= 11 is 0. The van der Waals surface area contributed by atoms with Crippen LogP contribution in [0.1, 0.15) is 18.9 Å². The van der Waals surface area contributed by atoms with E-state index in [0.29, 0.717) is 6.61 Å². The lowest BCUT2D eigenvalue weighted by atomic mass is 10.1. The van der Waals surface area contributed by atoms with Crippen molar-refractivity contribution in [2.45, 2.75) is 32.1 Å². The fourth-order valence-corrected chi connectivity index (χ4v) is 1.29. The van der Waals surface area contributed by atoms with Gasteiger partial charge in [-0.25, -0.2) is 0 Å². The van der Waals surface area contributed by atoms with Gasteiger partial charge in [0.05, 0.1) is 19.1 Å². The molecule has 0 saturated carbocycles. The molecule has 2 atom stereocenters. The summed E-state index contributed by atoms with van der Waals surface area (Å²) in [4.78, 5) is 10.5. The van der Waals surface area contributed by atoms with Crippen LogP contribution >= 0.6 is 0 Å². The number of ether oxygens (including phenoxy) is 1. The molecule has 0 fully saturated rings. The molecule has 0 amide bonds. The first-order valence-corrected chi connectivity index (χ1v) is 5.22. The first-order valence-electron chi connectivity index (χ1n) is 5.22. The summed E-state index contributed by atoms with van der Waals surface area (Å²) < 4.78 is 5.50. The van der Waals surface area contributed by atoms with Gasteiger partial charge in [0.25, 0.3) is 0 Å². The van der Waals surface area contributed by atoms with Gasteiger partial charge in [0.15, 0.2) is 0 Å². The Bertz CT molecular complexity index is 326. The molecular weight excluding hydrogens is 206 g/mol. The number of aliphatic carboxylic acids is 1. The Balaban J connectivity index is 2.35. The van der Waals surface area contributed by atoms with Gasteiger partial charge in [-0.3, -0.25) is 4.79 Å².